The highest BCUT2D eigenvalue weighted by Crippen LogP contribution is 2.25. The van der Waals surface area contributed by atoms with Crippen LogP contribution in [0.2, 0.25) is 0 Å². The van der Waals surface area contributed by atoms with Gasteiger partial charge in [-0.1, -0.05) is 28.1 Å². The first-order valence-corrected chi connectivity index (χ1v) is 8.91. The molecule has 2 heterocycles. The SMILES string of the molecule is Nc1nccn2c(-c3cccc(NC(=O)Nc4ccc(Br)cc4)c3)cnc12. The average molecular weight is 423 g/mol. The van der Waals surface area contributed by atoms with E-state index in [1.807, 2.05) is 52.9 Å². The quantitative estimate of drug-likeness (QED) is 0.456. The van der Waals surface area contributed by atoms with Crippen molar-refractivity contribution < 1.29 is 4.79 Å². The summed E-state index contributed by atoms with van der Waals surface area (Å²) in [5.41, 5.74) is 9.59. The van der Waals surface area contributed by atoms with Gasteiger partial charge in [0.05, 0.1) is 11.9 Å². The van der Waals surface area contributed by atoms with E-state index in [4.69, 9.17) is 5.73 Å². The van der Waals surface area contributed by atoms with Crippen LogP contribution < -0.4 is 16.4 Å². The first-order valence-electron chi connectivity index (χ1n) is 8.12. The van der Waals surface area contributed by atoms with E-state index in [2.05, 4.69) is 36.5 Å². The molecule has 0 aliphatic carbocycles. The molecule has 0 saturated heterocycles. The first kappa shape index (κ1) is 17.0. The predicted molar refractivity (Wildman–Crippen MR) is 110 cm³/mol. The van der Waals surface area contributed by atoms with E-state index in [0.29, 0.717) is 22.8 Å². The minimum absolute atomic E-state index is 0.318. The zero-order chi connectivity index (χ0) is 18.8. The lowest BCUT2D eigenvalue weighted by Crippen LogP contribution is -2.19. The number of aromatic nitrogens is 3. The van der Waals surface area contributed by atoms with E-state index in [1.54, 1.807) is 18.6 Å². The van der Waals surface area contributed by atoms with E-state index in [9.17, 15) is 4.79 Å². The van der Waals surface area contributed by atoms with Crippen molar-refractivity contribution in [3.05, 3.63) is 71.6 Å². The van der Waals surface area contributed by atoms with Gasteiger partial charge in [-0.15, -0.1) is 0 Å². The average Bonchev–Trinajstić information content (AvgIpc) is 3.09. The van der Waals surface area contributed by atoms with Crippen molar-refractivity contribution >= 4 is 44.8 Å². The Labute approximate surface area is 163 Å². The number of fused-ring (bicyclic) bond motifs is 1. The molecule has 4 rings (SSSR count). The monoisotopic (exact) mass is 422 g/mol. The molecule has 0 bridgehead atoms. The van der Waals surface area contributed by atoms with Crippen LogP contribution in [0, 0.1) is 0 Å². The van der Waals surface area contributed by atoms with Gasteiger partial charge in [0.15, 0.2) is 11.5 Å². The van der Waals surface area contributed by atoms with Crippen LogP contribution in [0.1, 0.15) is 0 Å². The molecule has 2 amide bonds. The van der Waals surface area contributed by atoms with Gasteiger partial charge in [-0.05, 0) is 36.4 Å². The molecule has 134 valence electrons. The van der Waals surface area contributed by atoms with Crippen LogP contribution in [0.3, 0.4) is 0 Å². The fourth-order valence-corrected chi connectivity index (χ4v) is 3.00. The van der Waals surface area contributed by atoms with Crippen LogP contribution in [0.4, 0.5) is 22.0 Å². The van der Waals surface area contributed by atoms with E-state index in [0.717, 1.165) is 15.7 Å². The molecule has 0 unspecified atom stereocenters. The molecule has 7 nitrogen and oxygen atoms in total. The van der Waals surface area contributed by atoms with Gasteiger partial charge in [0, 0.05) is 33.8 Å². The number of nitrogens with one attached hydrogen (secondary N) is 2. The molecule has 0 spiro atoms. The Balaban J connectivity index is 1.56. The zero-order valence-corrected chi connectivity index (χ0v) is 15.6. The summed E-state index contributed by atoms with van der Waals surface area (Å²) in [6, 6.07) is 14.6. The van der Waals surface area contributed by atoms with Gasteiger partial charge in [-0.25, -0.2) is 14.8 Å². The number of nitrogens with zero attached hydrogens (tertiary/aromatic N) is 3. The number of halogens is 1. The van der Waals surface area contributed by atoms with Crippen molar-refractivity contribution in [3.8, 4) is 11.3 Å². The summed E-state index contributed by atoms with van der Waals surface area (Å²) in [5.74, 6) is 0.368. The molecule has 0 radical (unpaired) electrons. The molecule has 2 aromatic carbocycles. The van der Waals surface area contributed by atoms with Crippen molar-refractivity contribution in [2.45, 2.75) is 0 Å². The highest BCUT2D eigenvalue weighted by molar-refractivity contribution is 9.10. The van der Waals surface area contributed by atoms with Crippen LogP contribution in [0.15, 0.2) is 71.6 Å². The Morgan fingerprint density at radius 1 is 1.04 bits per heavy atom. The Bertz CT molecular complexity index is 1120. The fourth-order valence-electron chi connectivity index (χ4n) is 2.74. The van der Waals surface area contributed by atoms with Crippen molar-refractivity contribution in [1.82, 2.24) is 14.4 Å². The number of urea groups is 1. The van der Waals surface area contributed by atoms with E-state index in [1.165, 1.54) is 0 Å². The van der Waals surface area contributed by atoms with Gasteiger partial charge in [-0.3, -0.25) is 4.40 Å². The third-order valence-corrected chi connectivity index (χ3v) is 4.50. The van der Waals surface area contributed by atoms with E-state index < -0.39 is 0 Å². The van der Waals surface area contributed by atoms with Gasteiger partial charge in [0.1, 0.15) is 0 Å². The number of hydrogen-bond acceptors (Lipinski definition) is 4. The van der Waals surface area contributed by atoms with Gasteiger partial charge < -0.3 is 16.4 Å². The highest BCUT2D eigenvalue weighted by Gasteiger charge is 2.10. The lowest BCUT2D eigenvalue weighted by Gasteiger charge is -2.09. The van der Waals surface area contributed by atoms with Crippen LogP contribution >= 0.6 is 15.9 Å². The van der Waals surface area contributed by atoms with E-state index >= 15 is 0 Å². The Morgan fingerprint density at radius 3 is 2.63 bits per heavy atom. The third kappa shape index (κ3) is 3.61. The first-order chi connectivity index (χ1) is 13.1. The van der Waals surface area contributed by atoms with Crippen LogP contribution in [0.25, 0.3) is 16.9 Å². The second kappa shape index (κ2) is 7.08. The molecule has 8 heteroatoms. The van der Waals surface area contributed by atoms with Gasteiger partial charge >= 0.3 is 6.03 Å². The molecule has 0 fully saturated rings. The summed E-state index contributed by atoms with van der Waals surface area (Å²) in [7, 11) is 0. The lowest BCUT2D eigenvalue weighted by atomic mass is 10.1. The van der Waals surface area contributed by atoms with Crippen molar-refractivity contribution in [2.24, 2.45) is 0 Å². The Kier molecular flexibility index (Phi) is 4.47. The standard InChI is InChI=1S/C19H15BrN6O/c20-13-4-6-14(7-5-13)24-19(27)25-15-3-1-2-12(10-15)16-11-23-18-17(21)22-8-9-26(16)18/h1-11H,(H2,21,22)(H2,24,25,27). The number of rotatable bonds is 3. The van der Waals surface area contributed by atoms with Crippen molar-refractivity contribution in [3.63, 3.8) is 0 Å². The summed E-state index contributed by atoms with van der Waals surface area (Å²) in [4.78, 5) is 20.6. The van der Waals surface area contributed by atoms with Crippen molar-refractivity contribution in [2.75, 3.05) is 16.4 Å². The molecule has 0 aliphatic heterocycles. The van der Waals surface area contributed by atoms with Crippen LogP contribution in [-0.2, 0) is 0 Å². The number of anilines is 3. The summed E-state index contributed by atoms with van der Waals surface area (Å²) in [5, 5.41) is 5.63. The molecule has 0 aliphatic rings. The van der Waals surface area contributed by atoms with Crippen molar-refractivity contribution in [1.29, 1.82) is 0 Å². The maximum atomic E-state index is 12.2. The Hall–Kier alpha value is -3.39. The molecular formula is C19H15BrN6O. The van der Waals surface area contributed by atoms with E-state index in [-0.39, 0.29) is 6.03 Å². The minimum Gasteiger partial charge on any atom is -0.381 e. The van der Waals surface area contributed by atoms with Crippen LogP contribution in [-0.4, -0.2) is 20.4 Å². The zero-order valence-electron chi connectivity index (χ0n) is 14.1. The van der Waals surface area contributed by atoms with Crippen LogP contribution in [0.5, 0.6) is 0 Å². The molecule has 0 atom stereocenters. The summed E-state index contributed by atoms with van der Waals surface area (Å²) in [6.07, 6.45) is 5.16. The maximum Gasteiger partial charge on any atom is 0.323 e. The highest BCUT2D eigenvalue weighted by atomic mass is 79.9. The van der Waals surface area contributed by atoms with Gasteiger partial charge in [0.2, 0.25) is 0 Å². The summed E-state index contributed by atoms with van der Waals surface area (Å²) >= 11 is 3.37. The Morgan fingerprint density at radius 2 is 1.81 bits per heavy atom. The predicted octanol–water partition coefficient (Wildman–Crippen LogP) is 4.39. The number of carbonyl (C=O) groups is 1. The molecule has 4 aromatic rings. The fraction of sp³-hybridized carbons (Fsp3) is 0. The number of amides is 2. The maximum absolute atomic E-state index is 12.2. The lowest BCUT2D eigenvalue weighted by molar-refractivity contribution is 0.262. The molecular weight excluding hydrogens is 408 g/mol. The second-order valence-electron chi connectivity index (χ2n) is 5.82. The number of nitrogen functional groups attached to an aromatic ring is 1. The molecule has 2 aromatic heterocycles. The molecule has 27 heavy (non-hydrogen) atoms. The summed E-state index contributed by atoms with van der Waals surface area (Å²) in [6.45, 7) is 0. The number of imidazole rings is 1. The number of benzene rings is 2. The third-order valence-electron chi connectivity index (χ3n) is 3.97. The minimum atomic E-state index is -0.318. The normalized spacial score (nSPS) is 10.7. The van der Waals surface area contributed by atoms with Gasteiger partial charge in [0.25, 0.3) is 0 Å². The molecule has 0 saturated carbocycles. The summed E-state index contributed by atoms with van der Waals surface area (Å²) < 4.78 is 2.81. The number of hydrogen-bond donors (Lipinski definition) is 3. The number of nitrogens with two attached hydrogens (primary N) is 1. The second-order valence-corrected chi connectivity index (χ2v) is 6.73. The topological polar surface area (TPSA) is 97.3 Å². The van der Waals surface area contributed by atoms with Gasteiger partial charge in [-0.2, -0.15) is 0 Å². The number of carbonyl (C=O) groups excluding carboxylic acids is 1. The largest absolute Gasteiger partial charge is 0.381 e. The smallest absolute Gasteiger partial charge is 0.323 e. The molecule has 4 N–H and O–H groups in total.